The third-order valence-electron chi connectivity index (χ3n) is 4.91. The maximum atomic E-state index is 4.55. The van der Waals surface area contributed by atoms with Crippen molar-refractivity contribution in [3.63, 3.8) is 0 Å². The van der Waals surface area contributed by atoms with Crippen LogP contribution >= 0.6 is 0 Å². The number of rotatable bonds is 3. The van der Waals surface area contributed by atoms with Gasteiger partial charge >= 0.3 is 0 Å². The van der Waals surface area contributed by atoms with Gasteiger partial charge in [0.05, 0.1) is 11.9 Å². The summed E-state index contributed by atoms with van der Waals surface area (Å²) < 4.78 is 2.00. The monoisotopic (exact) mass is 268 g/mol. The minimum absolute atomic E-state index is 0.663. The van der Waals surface area contributed by atoms with E-state index < -0.39 is 0 Å². The molecule has 0 amide bonds. The molecule has 0 radical (unpaired) electrons. The summed E-state index contributed by atoms with van der Waals surface area (Å²) in [7, 11) is 0. The molecule has 2 heterocycles. The van der Waals surface area contributed by atoms with Crippen molar-refractivity contribution in [2.45, 2.75) is 38.6 Å². The van der Waals surface area contributed by atoms with E-state index in [4.69, 9.17) is 0 Å². The van der Waals surface area contributed by atoms with E-state index in [1.54, 1.807) is 6.20 Å². The van der Waals surface area contributed by atoms with Crippen molar-refractivity contribution in [2.24, 2.45) is 11.8 Å². The normalized spacial score (nSPS) is 27.9. The Labute approximate surface area is 119 Å². The Bertz CT molecular complexity index is 601. The number of aromatic nitrogens is 3. The highest BCUT2D eigenvalue weighted by Gasteiger charge is 2.39. The number of fused-ring (bicyclic) bond motifs is 2. The van der Waals surface area contributed by atoms with Gasteiger partial charge in [0, 0.05) is 18.4 Å². The Hall–Kier alpha value is -1.84. The molecule has 0 aromatic carbocycles. The zero-order valence-electron chi connectivity index (χ0n) is 11.8. The van der Waals surface area contributed by atoms with Gasteiger partial charge in [-0.25, -0.2) is 9.97 Å². The summed E-state index contributed by atoms with van der Waals surface area (Å²) >= 11 is 0. The smallest absolute Gasteiger partial charge is 0.138 e. The zero-order chi connectivity index (χ0) is 13.5. The van der Waals surface area contributed by atoms with Crippen LogP contribution in [0.2, 0.25) is 0 Å². The quantitative estimate of drug-likeness (QED) is 0.929. The first kappa shape index (κ1) is 11.9. The average molecular weight is 268 g/mol. The molecule has 3 atom stereocenters. The zero-order valence-corrected chi connectivity index (χ0v) is 11.8. The van der Waals surface area contributed by atoms with Crippen molar-refractivity contribution < 1.29 is 0 Å². The van der Waals surface area contributed by atoms with Crippen LogP contribution in [-0.4, -0.2) is 20.6 Å². The second-order valence-corrected chi connectivity index (χ2v) is 6.18. The molecule has 2 aromatic heterocycles. The fourth-order valence-electron chi connectivity index (χ4n) is 3.87. The molecule has 1 N–H and O–H groups in total. The Morgan fingerprint density at radius 3 is 2.75 bits per heavy atom. The van der Waals surface area contributed by atoms with Gasteiger partial charge in [0.2, 0.25) is 0 Å². The van der Waals surface area contributed by atoms with Crippen molar-refractivity contribution >= 4 is 5.69 Å². The number of nitrogens with zero attached hydrogens (tertiary/aromatic N) is 3. The molecule has 2 fully saturated rings. The second-order valence-electron chi connectivity index (χ2n) is 6.18. The highest BCUT2D eigenvalue weighted by molar-refractivity contribution is 5.45. The van der Waals surface area contributed by atoms with Crippen molar-refractivity contribution in [1.82, 2.24) is 14.5 Å². The third-order valence-corrected chi connectivity index (χ3v) is 4.91. The minimum Gasteiger partial charge on any atom is -0.381 e. The SMILES string of the molecule is Cc1nccn1-c1ccc(NC2CC3CCC2C3)cn1. The van der Waals surface area contributed by atoms with E-state index in [0.29, 0.717) is 6.04 Å². The van der Waals surface area contributed by atoms with Gasteiger partial charge in [0.1, 0.15) is 11.6 Å². The van der Waals surface area contributed by atoms with E-state index in [1.165, 1.54) is 25.7 Å². The third kappa shape index (κ3) is 1.99. The molecular formula is C16H20N4. The molecule has 3 unspecified atom stereocenters. The summed E-state index contributed by atoms with van der Waals surface area (Å²) in [6, 6.07) is 4.86. The van der Waals surface area contributed by atoms with Crippen molar-refractivity contribution in [3.8, 4) is 5.82 Å². The number of anilines is 1. The van der Waals surface area contributed by atoms with E-state index in [0.717, 1.165) is 29.2 Å². The highest BCUT2D eigenvalue weighted by atomic mass is 15.1. The predicted octanol–water partition coefficient (Wildman–Crippen LogP) is 3.18. The number of pyridine rings is 1. The lowest BCUT2D eigenvalue weighted by atomic mass is 9.95. The topological polar surface area (TPSA) is 42.7 Å². The molecule has 104 valence electrons. The van der Waals surface area contributed by atoms with Crippen LogP contribution in [0.4, 0.5) is 5.69 Å². The largest absolute Gasteiger partial charge is 0.381 e. The van der Waals surface area contributed by atoms with Gasteiger partial charge in [0.15, 0.2) is 0 Å². The Balaban J connectivity index is 1.49. The van der Waals surface area contributed by atoms with E-state index in [-0.39, 0.29) is 0 Å². The Morgan fingerprint density at radius 2 is 2.15 bits per heavy atom. The number of hydrogen-bond donors (Lipinski definition) is 1. The van der Waals surface area contributed by atoms with Crippen LogP contribution in [0.3, 0.4) is 0 Å². The van der Waals surface area contributed by atoms with Gasteiger partial charge in [-0.1, -0.05) is 6.42 Å². The van der Waals surface area contributed by atoms with Crippen LogP contribution in [0.15, 0.2) is 30.7 Å². The van der Waals surface area contributed by atoms with Gasteiger partial charge in [-0.05, 0) is 50.2 Å². The molecule has 2 aromatic rings. The first-order chi connectivity index (χ1) is 9.79. The summed E-state index contributed by atoms with van der Waals surface area (Å²) in [5, 5.41) is 3.67. The lowest BCUT2D eigenvalue weighted by molar-refractivity contribution is 0.439. The van der Waals surface area contributed by atoms with Crippen LogP contribution in [0.5, 0.6) is 0 Å². The van der Waals surface area contributed by atoms with E-state index >= 15 is 0 Å². The molecule has 4 rings (SSSR count). The summed E-state index contributed by atoms with van der Waals surface area (Å²) in [6.07, 6.45) is 11.3. The molecule has 4 nitrogen and oxygen atoms in total. The predicted molar refractivity (Wildman–Crippen MR) is 79.0 cm³/mol. The van der Waals surface area contributed by atoms with Gasteiger partial charge in [-0.2, -0.15) is 0 Å². The lowest BCUT2D eigenvalue weighted by Crippen LogP contribution is -2.25. The molecule has 20 heavy (non-hydrogen) atoms. The minimum atomic E-state index is 0.663. The summed E-state index contributed by atoms with van der Waals surface area (Å²) in [4.78, 5) is 8.78. The number of aryl methyl sites for hydroxylation is 1. The summed E-state index contributed by atoms with van der Waals surface area (Å²) in [6.45, 7) is 1.99. The van der Waals surface area contributed by atoms with Crippen molar-refractivity contribution in [2.75, 3.05) is 5.32 Å². The molecule has 0 saturated heterocycles. The molecule has 0 spiro atoms. The fourth-order valence-corrected chi connectivity index (χ4v) is 3.87. The van der Waals surface area contributed by atoms with Gasteiger partial charge in [-0.15, -0.1) is 0 Å². The lowest BCUT2D eigenvalue weighted by Gasteiger charge is -2.23. The first-order valence-corrected chi connectivity index (χ1v) is 7.52. The standard InChI is InChI=1S/C16H20N4/c1-11-17-6-7-20(11)16-5-4-14(10-18-16)19-15-9-12-2-3-13(15)8-12/h4-7,10,12-13,15,19H,2-3,8-9H2,1H3. The van der Waals surface area contributed by atoms with Crippen LogP contribution in [0.1, 0.15) is 31.5 Å². The number of imidazole rings is 1. The molecular weight excluding hydrogens is 248 g/mol. The maximum Gasteiger partial charge on any atom is 0.138 e. The van der Waals surface area contributed by atoms with Gasteiger partial charge in [-0.3, -0.25) is 4.57 Å². The van der Waals surface area contributed by atoms with E-state index in [9.17, 15) is 0 Å². The first-order valence-electron chi connectivity index (χ1n) is 7.52. The van der Waals surface area contributed by atoms with Crippen molar-refractivity contribution in [3.05, 3.63) is 36.5 Å². The molecule has 0 aliphatic heterocycles. The fraction of sp³-hybridized carbons (Fsp3) is 0.500. The molecule has 4 heteroatoms. The van der Waals surface area contributed by atoms with Gasteiger partial charge < -0.3 is 5.32 Å². The Morgan fingerprint density at radius 1 is 1.20 bits per heavy atom. The molecule has 2 aliphatic rings. The van der Waals surface area contributed by atoms with Crippen LogP contribution in [-0.2, 0) is 0 Å². The van der Waals surface area contributed by atoms with Crippen LogP contribution in [0.25, 0.3) is 5.82 Å². The maximum absolute atomic E-state index is 4.55. The molecule has 2 saturated carbocycles. The second kappa shape index (κ2) is 4.62. The molecule has 2 aliphatic carbocycles. The summed E-state index contributed by atoms with van der Waals surface area (Å²) in [5.74, 6) is 3.75. The Kier molecular flexibility index (Phi) is 2.76. The highest BCUT2D eigenvalue weighted by Crippen LogP contribution is 2.45. The van der Waals surface area contributed by atoms with Crippen molar-refractivity contribution in [1.29, 1.82) is 0 Å². The van der Waals surface area contributed by atoms with E-state index in [2.05, 4.69) is 27.4 Å². The summed E-state index contributed by atoms with van der Waals surface area (Å²) in [5.41, 5.74) is 1.14. The molecule has 2 bridgehead atoms. The van der Waals surface area contributed by atoms with Gasteiger partial charge in [0.25, 0.3) is 0 Å². The van der Waals surface area contributed by atoms with Crippen LogP contribution in [0, 0.1) is 18.8 Å². The average Bonchev–Trinajstić information content (AvgIpc) is 3.16. The number of hydrogen-bond acceptors (Lipinski definition) is 3. The number of nitrogens with one attached hydrogen (secondary N) is 1. The van der Waals surface area contributed by atoms with Crippen LogP contribution < -0.4 is 5.32 Å². The van der Waals surface area contributed by atoms with E-state index in [1.807, 2.05) is 23.9 Å².